The van der Waals surface area contributed by atoms with E-state index in [-0.39, 0.29) is 11.0 Å². The molecule has 0 aromatic rings. The number of nitrogens with one attached hydrogen (secondary N) is 4. The highest BCUT2D eigenvalue weighted by Crippen LogP contribution is 2.39. The van der Waals surface area contributed by atoms with Crippen molar-refractivity contribution >= 4 is 23.5 Å². The molecule has 0 aliphatic carbocycles. The summed E-state index contributed by atoms with van der Waals surface area (Å²) in [5.41, 5.74) is 0.366. The molecule has 5 nitrogen and oxygen atoms in total. The Morgan fingerprint density at radius 1 is 1.04 bits per heavy atom. The van der Waals surface area contributed by atoms with E-state index in [1.54, 1.807) is 0 Å². The minimum Gasteiger partial charge on any atom is -0.302 e. The second kappa shape index (κ2) is 9.07. The lowest BCUT2D eigenvalue weighted by molar-refractivity contribution is 0.0328. The Labute approximate surface area is 174 Å². The molecular weight excluding hydrogens is 378 g/mol. The fraction of sp³-hybridized carbons (Fsp3) is 1.00. The van der Waals surface area contributed by atoms with Gasteiger partial charge in [-0.2, -0.15) is 0 Å². The molecule has 4 rings (SSSR count). The molecule has 0 spiro atoms. The summed E-state index contributed by atoms with van der Waals surface area (Å²) in [5, 5.41) is 11.8. The van der Waals surface area contributed by atoms with Gasteiger partial charge in [0.25, 0.3) is 0 Å². The number of fused-ring (bicyclic) bond motifs is 6. The molecule has 7 heteroatoms. The highest BCUT2D eigenvalue weighted by atomic mass is 35.5. The molecule has 6 unspecified atom stereocenters. The molecule has 0 saturated carbocycles. The molecule has 4 aliphatic rings. The Balaban J connectivity index is 1.48. The van der Waals surface area contributed by atoms with Crippen LogP contribution in [0.15, 0.2) is 0 Å². The van der Waals surface area contributed by atoms with Gasteiger partial charge in [-0.05, 0) is 77.7 Å². The maximum absolute atomic E-state index is 6.55. The third-order valence-electron chi connectivity index (χ3n) is 7.04. The second-order valence-corrected chi connectivity index (χ2v) is 11.3. The summed E-state index contributed by atoms with van der Waals surface area (Å²) in [4.78, 5) is 2.74. The zero-order valence-corrected chi connectivity index (χ0v) is 18.5. The van der Waals surface area contributed by atoms with Crippen LogP contribution in [0, 0.1) is 11.8 Å². The Morgan fingerprint density at radius 2 is 1.93 bits per heavy atom. The fourth-order valence-corrected chi connectivity index (χ4v) is 6.94. The molecule has 0 radical (unpaired) electrons. The van der Waals surface area contributed by atoms with Crippen molar-refractivity contribution in [1.82, 2.24) is 25.6 Å². The van der Waals surface area contributed by atoms with Crippen LogP contribution in [-0.4, -0.2) is 53.3 Å². The first-order valence-electron chi connectivity index (χ1n) is 11.1. The Kier molecular flexibility index (Phi) is 6.95. The largest absolute Gasteiger partial charge is 0.302 e. The van der Waals surface area contributed by atoms with Crippen LogP contribution in [0.25, 0.3) is 0 Å². The average molecular weight is 416 g/mol. The number of hydrogen-bond acceptors (Lipinski definition) is 6. The van der Waals surface area contributed by atoms with Crippen molar-refractivity contribution in [2.24, 2.45) is 11.8 Å². The second-order valence-electron chi connectivity index (χ2n) is 9.65. The molecule has 7 atom stereocenters. The van der Waals surface area contributed by atoms with E-state index in [0.717, 1.165) is 25.4 Å². The van der Waals surface area contributed by atoms with Gasteiger partial charge in [-0.15, -0.1) is 11.6 Å². The fourth-order valence-electron chi connectivity index (χ4n) is 5.65. The lowest BCUT2D eigenvalue weighted by Crippen LogP contribution is -2.61. The molecule has 27 heavy (non-hydrogen) atoms. The number of halogens is 1. The quantitative estimate of drug-likeness (QED) is 0.277. The topological polar surface area (TPSA) is 51.4 Å². The molecule has 156 valence electrons. The summed E-state index contributed by atoms with van der Waals surface area (Å²) in [6.45, 7) is 8.26. The van der Waals surface area contributed by atoms with Gasteiger partial charge in [0.1, 0.15) is 0 Å². The molecule has 4 fully saturated rings. The zero-order chi connectivity index (χ0) is 18.9. The maximum Gasteiger partial charge on any atom is 0.0837 e. The predicted molar refractivity (Wildman–Crippen MR) is 116 cm³/mol. The normalized spacial score (nSPS) is 46.1. The van der Waals surface area contributed by atoms with Crippen molar-refractivity contribution in [2.75, 3.05) is 19.6 Å². The summed E-state index contributed by atoms with van der Waals surface area (Å²) in [7, 11) is 0. The summed E-state index contributed by atoms with van der Waals surface area (Å²) in [5.74, 6) is 1.42. The van der Waals surface area contributed by atoms with E-state index < -0.39 is 0 Å². The number of nitrogens with zero attached hydrogens (tertiary/aromatic N) is 1. The van der Waals surface area contributed by atoms with Crippen molar-refractivity contribution < 1.29 is 0 Å². The smallest absolute Gasteiger partial charge is 0.0837 e. The van der Waals surface area contributed by atoms with Gasteiger partial charge >= 0.3 is 0 Å². The van der Waals surface area contributed by atoms with Crippen LogP contribution in [-0.2, 0) is 0 Å². The third-order valence-corrected chi connectivity index (χ3v) is 8.38. The Bertz CT molecular complexity index is 493. The number of hydrogen-bond donors (Lipinski definition) is 4. The molecule has 4 saturated heterocycles. The van der Waals surface area contributed by atoms with Crippen molar-refractivity contribution in [3.8, 4) is 0 Å². The molecule has 4 bridgehead atoms. The predicted octanol–water partition coefficient (Wildman–Crippen LogP) is 3.02. The van der Waals surface area contributed by atoms with Crippen LogP contribution < -0.4 is 20.7 Å². The van der Waals surface area contributed by atoms with Crippen molar-refractivity contribution in [3.63, 3.8) is 0 Å². The minimum absolute atomic E-state index is 0.112. The van der Waals surface area contributed by atoms with Gasteiger partial charge in [-0.3, -0.25) is 20.3 Å². The average Bonchev–Trinajstić information content (AvgIpc) is 2.94. The van der Waals surface area contributed by atoms with E-state index in [1.165, 1.54) is 51.5 Å². The van der Waals surface area contributed by atoms with Gasteiger partial charge in [0.05, 0.1) is 23.2 Å². The Hall–Kier alpha value is 0.440. The van der Waals surface area contributed by atoms with E-state index in [0.29, 0.717) is 23.6 Å². The van der Waals surface area contributed by atoms with Crippen LogP contribution in [0.3, 0.4) is 0 Å². The number of alkyl halides is 1. The first-order chi connectivity index (χ1) is 13.0. The lowest BCUT2D eigenvalue weighted by atomic mass is 9.91. The first-order valence-corrected chi connectivity index (χ1v) is 12.4. The molecule has 0 amide bonds. The van der Waals surface area contributed by atoms with Crippen LogP contribution in [0.4, 0.5) is 0 Å². The highest BCUT2D eigenvalue weighted by molar-refractivity contribution is 7.98. The van der Waals surface area contributed by atoms with E-state index in [4.69, 9.17) is 11.6 Å². The maximum atomic E-state index is 6.55. The first kappa shape index (κ1) is 20.7. The molecule has 0 aromatic heterocycles. The molecule has 0 aromatic carbocycles. The number of piperidine rings is 2. The van der Waals surface area contributed by atoms with Crippen LogP contribution in [0.5, 0.6) is 0 Å². The van der Waals surface area contributed by atoms with Crippen LogP contribution in [0.1, 0.15) is 65.2 Å². The van der Waals surface area contributed by atoms with Gasteiger partial charge in [0.15, 0.2) is 0 Å². The summed E-state index contributed by atoms with van der Waals surface area (Å²) in [6, 6.07) is 0. The standard InChI is InChI=1S/C20H38ClN5S/c1-20(2)11-14-5-4-10-22-17-6-3-7-18(25-17)27-23-12-15-8-9-16(21)24-19(15)26(20)13-14/h14-19,22-25H,3-13H2,1-2H3/t14-,15?,16?,17?,18?,19?/m0/s1. The summed E-state index contributed by atoms with van der Waals surface area (Å²) >= 11 is 8.45. The molecule has 4 aliphatic heterocycles. The molecular formula is C20H38ClN5S. The zero-order valence-electron chi connectivity index (χ0n) is 17.0. The van der Waals surface area contributed by atoms with E-state index >= 15 is 0 Å². The number of rotatable bonds is 0. The van der Waals surface area contributed by atoms with Gasteiger partial charge in [-0.25, -0.2) is 0 Å². The van der Waals surface area contributed by atoms with Gasteiger partial charge < -0.3 is 5.32 Å². The van der Waals surface area contributed by atoms with Crippen LogP contribution in [0.2, 0.25) is 0 Å². The van der Waals surface area contributed by atoms with E-state index in [1.807, 2.05) is 11.9 Å². The highest BCUT2D eigenvalue weighted by Gasteiger charge is 2.45. The molecule has 4 heterocycles. The van der Waals surface area contributed by atoms with E-state index in [2.05, 4.69) is 39.4 Å². The Morgan fingerprint density at radius 3 is 2.81 bits per heavy atom. The summed E-state index contributed by atoms with van der Waals surface area (Å²) in [6.07, 6.45) is 10.9. The minimum atomic E-state index is 0.112. The monoisotopic (exact) mass is 415 g/mol. The van der Waals surface area contributed by atoms with Crippen molar-refractivity contribution in [1.29, 1.82) is 0 Å². The van der Waals surface area contributed by atoms with Crippen molar-refractivity contribution in [3.05, 3.63) is 0 Å². The lowest BCUT2D eigenvalue weighted by Gasteiger charge is -2.46. The van der Waals surface area contributed by atoms with Crippen LogP contribution >= 0.6 is 23.5 Å². The SMILES string of the molecule is CC1(C)C[C@@H]2CCCNC3CCCC(N3)SNCC3CCC(Cl)NC3N1C2. The van der Waals surface area contributed by atoms with Gasteiger partial charge in [0, 0.05) is 24.5 Å². The van der Waals surface area contributed by atoms with Gasteiger partial charge in [-0.1, -0.05) is 11.9 Å². The summed E-state index contributed by atoms with van der Waals surface area (Å²) < 4.78 is 3.73. The van der Waals surface area contributed by atoms with E-state index in [9.17, 15) is 0 Å². The van der Waals surface area contributed by atoms with Gasteiger partial charge in [0.2, 0.25) is 0 Å². The van der Waals surface area contributed by atoms with Crippen molar-refractivity contribution in [2.45, 2.75) is 94.0 Å². The molecule has 4 N–H and O–H groups in total. The third kappa shape index (κ3) is 5.14.